The second-order valence-corrected chi connectivity index (χ2v) is 9.35. The summed E-state index contributed by atoms with van der Waals surface area (Å²) in [6.45, 7) is 6.84. The molecule has 1 unspecified atom stereocenters. The predicted octanol–water partition coefficient (Wildman–Crippen LogP) is 4.48. The van der Waals surface area contributed by atoms with Gasteiger partial charge in [-0.3, -0.25) is 0 Å². The van der Waals surface area contributed by atoms with Crippen LogP contribution in [0.3, 0.4) is 0 Å². The molecule has 1 amide bonds. The highest BCUT2D eigenvalue weighted by Crippen LogP contribution is 2.37. The van der Waals surface area contributed by atoms with Gasteiger partial charge in [0.1, 0.15) is 0 Å². The number of hydrogen-bond donors (Lipinski definition) is 0. The molecule has 7 heteroatoms. The number of carbonyl (C=O) groups excluding carboxylic acids is 1. The monoisotopic (exact) mass is 414 g/mol. The molecule has 0 aliphatic rings. The maximum Gasteiger partial charge on any atom is 0.423 e. The zero-order chi connectivity index (χ0) is 21.7. The Bertz CT molecular complexity index is 978. The second kappa shape index (κ2) is 9.10. The van der Waals surface area contributed by atoms with Gasteiger partial charge in [-0.25, -0.2) is 13.2 Å². The Morgan fingerprint density at radius 1 is 1.14 bits per heavy atom. The van der Waals surface area contributed by atoms with E-state index in [0.29, 0.717) is 0 Å². The zero-order valence-electron chi connectivity index (χ0n) is 17.1. The van der Waals surface area contributed by atoms with E-state index in [1.54, 1.807) is 32.9 Å². The molecule has 2 aromatic rings. The van der Waals surface area contributed by atoms with Gasteiger partial charge in [-0.15, -0.1) is 0 Å². The van der Waals surface area contributed by atoms with Crippen molar-refractivity contribution in [3.05, 3.63) is 65.7 Å². The predicted molar refractivity (Wildman–Crippen MR) is 111 cm³/mol. The summed E-state index contributed by atoms with van der Waals surface area (Å²) in [4.78, 5) is 12.6. The molecule has 0 heterocycles. The fourth-order valence-corrected chi connectivity index (χ4v) is 4.57. The molecule has 0 aliphatic heterocycles. The Morgan fingerprint density at radius 3 is 2.24 bits per heavy atom. The zero-order valence-corrected chi connectivity index (χ0v) is 17.9. The first-order valence-corrected chi connectivity index (χ1v) is 10.8. The molecule has 0 spiro atoms. The molecule has 0 aliphatic carbocycles. The van der Waals surface area contributed by atoms with Gasteiger partial charge in [0.15, 0.2) is 0 Å². The maximum absolute atomic E-state index is 13.2. The summed E-state index contributed by atoms with van der Waals surface area (Å²) in [6.07, 6.45) is -0.953. The number of nitrogens with zero attached hydrogens (tertiary/aromatic N) is 2. The van der Waals surface area contributed by atoms with Crippen molar-refractivity contribution in [2.24, 2.45) is 5.41 Å². The highest BCUT2D eigenvalue weighted by molar-refractivity contribution is 7.89. The molecule has 154 valence electrons. The molecule has 2 aromatic carbocycles. The fraction of sp³-hybridized carbons (Fsp3) is 0.364. The Morgan fingerprint density at radius 2 is 1.72 bits per heavy atom. The van der Waals surface area contributed by atoms with Crippen molar-refractivity contribution >= 4 is 16.1 Å². The van der Waals surface area contributed by atoms with Gasteiger partial charge in [-0.1, -0.05) is 61.9 Å². The van der Waals surface area contributed by atoms with Gasteiger partial charge in [0.25, 0.3) is 10.0 Å². The molecule has 0 N–H and O–H groups in total. The number of carbonyl (C=O) groups is 1. The van der Waals surface area contributed by atoms with E-state index in [4.69, 9.17) is 4.74 Å². The molecule has 0 aromatic heterocycles. The van der Waals surface area contributed by atoms with Crippen molar-refractivity contribution < 1.29 is 17.9 Å². The van der Waals surface area contributed by atoms with Crippen LogP contribution in [-0.4, -0.2) is 32.0 Å². The molecule has 0 saturated heterocycles. The Balaban J connectivity index is 2.46. The minimum absolute atomic E-state index is 0.000159. The van der Waals surface area contributed by atoms with Crippen LogP contribution in [0.5, 0.6) is 0 Å². The maximum atomic E-state index is 13.2. The van der Waals surface area contributed by atoms with Crippen molar-refractivity contribution in [2.45, 2.75) is 38.5 Å². The van der Waals surface area contributed by atoms with Crippen molar-refractivity contribution in [2.75, 3.05) is 13.2 Å². The van der Waals surface area contributed by atoms with E-state index in [1.807, 2.05) is 37.3 Å². The molecule has 0 fully saturated rings. The number of benzene rings is 2. The third kappa shape index (κ3) is 5.15. The molecular weight excluding hydrogens is 388 g/mol. The molecule has 0 bridgehead atoms. The van der Waals surface area contributed by atoms with Crippen LogP contribution in [0.4, 0.5) is 4.79 Å². The van der Waals surface area contributed by atoms with Crippen LogP contribution in [0.15, 0.2) is 59.5 Å². The van der Waals surface area contributed by atoms with Crippen LogP contribution >= 0.6 is 0 Å². The van der Waals surface area contributed by atoms with E-state index >= 15 is 0 Å². The van der Waals surface area contributed by atoms with Crippen LogP contribution in [0.25, 0.3) is 0 Å². The Kier molecular flexibility index (Phi) is 7.04. The molecular formula is C22H26N2O4S. The number of rotatable bonds is 7. The lowest BCUT2D eigenvalue weighted by molar-refractivity contribution is 0.118. The highest BCUT2D eigenvalue weighted by atomic mass is 32.2. The summed E-state index contributed by atoms with van der Waals surface area (Å²) in [5.74, 6) is -0.617. The molecule has 0 radical (unpaired) electrons. The van der Waals surface area contributed by atoms with Gasteiger partial charge in [0, 0.05) is 12.0 Å². The van der Waals surface area contributed by atoms with Gasteiger partial charge in [0.2, 0.25) is 0 Å². The standard InChI is InChI=1S/C22H26N2O4S/c1-5-28-21(25)24(29(26,27)19-13-11-17(2)12-14-19)16-22(3,4)20(15-23)18-9-7-6-8-10-18/h6-14,20H,5,16H2,1-4H3. The average molecular weight is 415 g/mol. The quantitative estimate of drug-likeness (QED) is 0.667. The van der Waals surface area contributed by atoms with Crippen LogP contribution in [0.1, 0.15) is 37.8 Å². The summed E-state index contributed by atoms with van der Waals surface area (Å²) < 4.78 is 32.2. The summed E-state index contributed by atoms with van der Waals surface area (Å²) in [7, 11) is -4.15. The van der Waals surface area contributed by atoms with E-state index in [0.717, 1.165) is 15.4 Å². The number of sulfonamides is 1. The molecule has 29 heavy (non-hydrogen) atoms. The smallest absolute Gasteiger partial charge is 0.423 e. The van der Waals surface area contributed by atoms with Crippen LogP contribution in [0, 0.1) is 23.7 Å². The normalized spacial score (nSPS) is 12.7. The molecule has 2 rings (SSSR count). The topological polar surface area (TPSA) is 87.5 Å². The summed E-state index contributed by atoms with van der Waals surface area (Å²) in [5, 5.41) is 9.79. The lowest BCUT2D eigenvalue weighted by Gasteiger charge is -2.34. The number of nitriles is 1. The number of aryl methyl sites for hydroxylation is 1. The SMILES string of the molecule is CCOC(=O)N(CC(C)(C)C(C#N)c1ccccc1)S(=O)(=O)c1ccc(C)cc1. The van der Waals surface area contributed by atoms with Crippen molar-refractivity contribution in [1.29, 1.82) is 5.26 Å². The van der Waals surface area contributed by atoms with Crippen molar-refractivity contribution in [3.8, 4) is 6.07 Å². The van der Waals surface area contributed by atoms with Gasteiger partial charge in [0.05, 0.1) is 23.5 Å². The third-order valence-corrected chi connectivity index (χ3v) is 6.40. The first-order valence-electron chi connectivity index (χ1n) is 9.34. The summed E-state index contributed by atoms with van der Waals surface area (Å²) in [6, 6.07) is 17.6. The van der Waals surface area contributed by atoms with E-state index in [-0.39, 0.29) is 18.0 Å². The molecule has 0 saturated carbocycles. The first kappa shape index (κ1) is 22.4. The van der Waals surface area contributed by atoms with Crippen molar-refractivity contribution in [3.63, 3.8) is 0 Å². The largest absolute Gasteiger partial charge is 0.449 e. The van der Waals surface area contributed by atoms with E-state index in [9.17, 15) is 18.5 Å². The Labute approximate surface area is 172 Å². The number of hydrogen-bond acceptors (Lipinski definition) is 5. The van der Waals surface area contributed by atoms with Gasteiger partial charge in [-0.05, 0) is 31.5 Å². The van der Waals surface area contributed by atoms with E-state index < -0.39 is 27.4 Å². The average Bonchev–Trinajstić information content (AvgIpc) is 2.68. The fourth-order valence-electron chi connectivity index (χ4n) is 3.09. The lowest BCUT2D eigenvalue weighted by atomic mass is 9.75. The van der Waals surface area contributed by atoms with Gasteiger partial charge >= 0.3 is 6.09 Å². The van der Waals surface area contributed by atoms with Crippen LogP contribution < -0.4 is 0 Å². The summed E-state index contributed by atoms with van der Waals surface area (Å²) >= 11 is 0. The summed E-state index contributed by atoms with van der Waals surface area (Å²) in [5.41, 5.74) is 0.804. The number of ether oxygens (including phenoxy) is 1. The minimum atomic E-state index is -4.15. The van der Waals surface area contributed by atoms with Crippen molar-refractivity contribution in [1.82, 2.24) is 4.31 Å². The lowest BCUT2D eigenvalue weighted by Crippen LogP contribution is -2.45. The molecule has 6 nitrogen and oxygen atoms in total. The highest BCUT2D eigenvalue weighted by Gasteiger charge is 2.40. The first-order chi connectivity index (χ1) is 13.6. The van der Waals surface area contributed by atoms with Gasteiger partial charge < -0.3 is 4.74 Å². The number of amides is 1. The van der Waals surface area contributed by atoms with E-state index in [2.05, 4.69) is 6.07 Å². The third-order valence-electron chi connectivity index (χ3n) is 4.68. The Hall–Kier alpha value is -2.85. The van der Waals surface area contributed by atoms with Crippen LogP contribution in [-0.2, 0) is 14.8 Å². The second-order valence-electron chi connectivity index (χ2n) is 7.49. The van der Waals surface area contributed by atoms with Gasteiger partial charge in [-0.2, -0.15) is 9.57 Å². The minimum Gasteiger partial charge on any atom is -0.449 e. The van der Waals surface area contributed by atoms with E-state index in [1.165, 1.54) is 12.1 Å². The van der Waals surface area contributed by atoms with Crippen LogP contribution in [0.2, 0.25) is 0 Å². The molecule has 1 atom stereocenters.